The largest absolute Gasteiger partial charge is 0.336 e. The molecule has 0 bridgehead atoms. The highest BCUT2D eigenvalue weighted by Gasteiger charge is 2.32. The first-order valence-corrected chi connectivity index (χ1v) is 8.43. The SMILES string of the molecule is Cc1cc(C(=O)N2CCNCC2c2nccn2C)c(Br)s1. The quantitative estimate of drug-likeness (QED) is 0.884. The molecule has 2 aromatic heterocycles. The van der Waals surface area contributed by atoms with Gasteiger partial charge in [0.15, 0.2) is 0 Å². The van der Waals surface area contributed by atoms with Crippen LogP contribution >= 0.6 is 27.3 Å². The fraction of sp³-hybridized carbons (Fsp3) is 0.429. The molecule has 1 amide bonds. The van der Waals surface area contributed by atoms with Crippen LogP contribution in [-0.2, 0) is 7.05 Å². The Hall–Kier alpha value is -1.18. The van der Waals surface area contributed by atoms with Crippen LogP contribution in [0.3, 0.4) is 0 Å². The number of nitrogens with one attached hydrogen (secondary N) is 1. The van der Waals surface area contributed by atoms with Crippen molar-refractivity contribution in [2.75, 3.05) is 19.6 Å². The summed E-state index contributed by atoms with van der Waals surface area (Å²) in [6.07, 6.45) is 3.69. The lowest BCUT2D eigenvalue weighted by Crippen LogP contribution is -2.49. The normalized spacial score (nSPS) is 19.0. The summed E-state index contributed by atoms with van der Waals surface area (Å²) in [6.45, 7) is 4.25. The number of aryl methyl sites for hydroxylation is 2. The maximum atomic E-state index is 12.9. The van der Waals surface area contributed by atoms with Gasteiger partial charge < -0.3 is 14.8 Å². The number of rotatable bonds is 2. The number of carbonyl (C=O) groups is 1. The van der Waals surface area contributed by atoms with Crippen LogP contribution in [0.2, 0.25) is 0 Å². The second kappa shape index (κ2) is 5.90. The fourth-order valence-electron chi connectivity index (χ4n) is 2.66. The lowest BCUT2D eigenvalue weighted by atomic mass is 10.1. The number of thiophene rings is 1. The molecule has 2 aromatic rings. The van der Waals surface area contributed by atoms with Gasteiger partial charge in [0, 0.05) is 44.0 Å². The summed E-state index contributed by atoms with van der Waals surface area (Å²) < 4.78 is 2.88. The predicted octanol–water partition coefficient (Wildman–Crippen LogP) is 2.34. The molecule has 1 aliphatic heterocycles. The van der Waals surface area contributed by atoms with Crippen molar-refractivity contribution in [1.29, 1.82) is 0 Å². The van der Waals surface area contributed by atoms with E-state index in [1.165, 1.54) is 0 Å². The molecular formula is C14H17BrN4OS. The topological polar surface area (TPSA) is 50.2 Å². The van der Waals surface area contributed by atoms with E-state index in [-0.39, 0.29) is 11.9 Å². The highest BCUT2D eigenvalue weighted by Crippen LogP contribution is 2.31. The van der Waals surface area contributed by atoms with Crippen LogP contribution in [0, 0.1) is 6.92 Å². The number of halogens is 1. The first-order valence-electron chi connectivity index (χ1n) is 6.82. The van der Waals surface area contributed by atoms with E-state index in [4.69, 9.17) is 0 Å². The smallest absolute Gasteiger partial charge is 0.256 e. The highest BCUT2D eigenvalue weighted by molar-refractivity contribution is 9.11. The summed E-state index contributed by atoms with van der Waals surface area (Å²) in [4.78, 5) is 20.4. The molecule has 1 saturated heterocycles. The number of amides is 1. The van der Waals surface area contributed by atoms with Gasteiger partial charge in [-0.05, 0) is 28.9 Å². The molecular weight excluding hydrogens is 352 g/mol. The molecule has 1 N–H and O–H groups in total. The third-order valence-corrected chi connectivity index (χ3v) is 5.45. The van der Waals surface area contributed by atoms with Crippen molar-refractivity contribution in [3.63, 3.8) is 0 Å². The Morgan fingerprint density at radius 3 is 3.00 bits per heavy atom. The molecule has 112 valence electrons. The van der Waals surface area contributed by atoms with Gasteiger partial charge in [-0.1, -0.05) is 0 Å². The lowest BCUT2D eigenvalue weighted by molar-refractivity contribution is 0.0620. The van der Waals surface area contributed by atoms with Gasteiger partial charge in [0.05, 0.1) is 9.35 Å². The van der Waals surface area contributed by atoms with Gasteiger partial charge >= 0.3 is 0 Å². The summed E-state index contributed by atoms with van der Waals surface area (Å²) in [7, 11) is 1.96. The Kier molecular flexibility index (Phi) is 4.14. The second-order valence-electron chi connectivity index (χ2n) is 5.16. The van der Waals surface area contributed by atoms with Crippen molar-refractivity contribution < 1.29 is 4.79 Å². The molecule has 3 rings (SSSR count). The van der Waals surface area contributed by atoms with Gasteiger partial charge in [-0.15, -0.1) is 11.3 Å². The molecule has 5 nitrogen and oxygen atoms in total. The molecule has 0 saturated carbocycles. The van der Waals surface area contributed by atoms with E-state index >= 15 is 0 Å². The van der Waals surface area contributed by atoms with E-state index in [1.54, 1.807) is 17.5 Å². The van der Waals surface area contributed by atoms with Crippen LogP contribution in [0.15, 0.2) is 22.2 Å². The molecule has 0 aliphatic carbocycles. The second-order valence-corrected chi connectivity index (χ2v) is 7.73. The minimum absolute atomic E-state index is 0.0293. The zero-order valence-electron chi connectivity index (χ0n) is 12.0. The Balaban J connectivity index is 1.93. The van der Waals surface area contributed by atoms with Crippen LogP contribution in [0.1, 0.15) is 27.1 Å². The number of hydrogen-bond acceptors (Lipinski definition) is 4. The first-order chi connectivity index (χ1) is 10.1. The highest BCUT2D eigenvalue weighted by atomic mass is 79.9. The molecule has 1 aliphatic rings. The van der Waals surface area contributed by atoms with E-state index in [9.17, 15) is 4.79 Å². The van der Waals surface area contributed by atoms with Crippen LogP contribution in [0.4, 0.5) is 0 Å². The monoisotopic (exact) mass is 368 g/mol. The number of carbonyl (C=O) groups excluding carboxylic acids is 1. The Morgan fingerprint density at radius 1 is 1.57 bits per heavy atom. The Morgan fingerprint density at radius 2 is 2.38 bits per heavy atom. The molecule has 0 radical (unpaired) electrons. The Bertz CT molecular complexity index is 666. The number of nitrogens with zero attached hydrogens (tertiary/aromatic N) is 3. The number of aromatic nitrogens is 2. The van der Waals surface area contributed by atoms with Crippen molar-refractivity contribution in [3.8, 4) is 0 Å². The lowest BCUT2D eigenvalue weighted by Gasteiger charge is -2.35. The molecule has 1 fully saturated rings. The van der Waals surface area contributed by atoms with Gasteiger partial charge in [-0.3, -0.25) is 4.79 Å². The minimum atomic E-state index is -0.0293. The zero-order valence-corrected chi connectivity index (χ0v) is 14.4. The average molecular weight is 369 g/mol. The molecule has 3 heterocycles. The third kappa shape index (κ3) is 2.77. The van der Waals surface area contributed by atoms with Crippen molar-refractivity contribution in [2.45, 2.75) is 13.0 Å². The van der Waals surface area contributed by atoms with Gasteiger partial charge in [0.25, 0.3) is 5.91 Å². The van der Waals surface area contributed by atoms with E-state index in [1.807, 2.05) is 35.7 Å². The predicted molar refractivity (Wildman–Crippen MR) is 86.6 cm³/mol. The molecule has 21 heavy (non-hydrogen) atoms. The van der Waals surface area contributed by atoms with E-state index in [2.05, 4.69) is 26.2 Å². The molecule has 7 heteroatoms. The van der Waals surface area contributed by atoms with Gasteiger partial charge in [0.2, 0.25) is 0 Å². The summed E-state index contributed by atoms with van der Waals surface area (Å²) in [5, 5.41) is 3.35. The van der Waals surface area contributed by atoms with Crippen molar-refractivity contribution in [2.24, 2.45) is 7.05 Å². The van der Waals surface area contributed by atoms with E-state index < -0.39 is 0 Å². The third-order valence-electron chi connectivity index (χ3n) is 3.70. The average Bonchev–Trinajstić information content (AvgIpc) is 3.03. The molecule has 1 atom stereocenters. The molecule has 0 spiro atoms. The van der Waals surface area contributed by atoms with Crippen molar-refractivity contribution in [1.82, 2.24) is 19.8 Å². The van der Waals surface area contributed by atoms with Crippen LogP contribution in [0.5, 0.6) is 0 Å². The van der Waals surface area contributed by atoms with Crippen LogP contribution < -0.4 is 5.32 Å². The van der Waals surface area contributed by atoms with Gasteiger partial charge in [0.1, 0.15) is 11.9 Å². The molecule has 1 unspecified atom stereocenters. The standard InChI is InChI=1S/C14H17BrN4OS/c1-9-7-10(12(15)21-9)14(20)19-6-3-16-8-11(19)13-17-4-5-18(13)2/h4-5,7,11,16H,3,6,8H2,1-2H3. The maximum Gasteiger partial charge on any atom is 0.256 e. The summed E-state index contributed by atoms with van der Waals surface area (Å²) in [5.74, 6) is 0.986. The molecule has 0 aromatic carbocycles. The van der Waals surface area contributed by atoms with E-state index in [0.29, 0.717) is 6.54 Å². The number of imidazole rings is 1. The summed E-state index contributed by atoms with van der Waals surface area (Å²) >= 11 is 5.10. The van der Waals surface area contributed by atoms with Gasteiger partial charge in [-0.25, -0.2) is 4.98 Å². The number of hydrogen-bond donors (Lipinski definition) is 1. The Labute approximate surface area is 136 Å². The fourth-order valence-corrected chi connectivity index (χ4v) is 4.43. The number of piperazine rings is 1. The van der Waals surface area contributed by atoms with Crippen LogP contribution in [-0.4, -0.2) is 40.0 Å². The van der Waals surface area contributed by atoms with Gasteiger partial charge in [-0.2, -0.15) is 0 Å². The zero-order chi connectivity index (χ0) is 15.0. The van der Waals surface area contributed by atoms with Crippen molar-refractivity contribution >= 4 is 33.2 Å². The summed E-state index contributed by atoms with van der Waals surface area (Å²) in [6, 6.07) is 1.92. The summed E-state index contributed by atoms with van der Waals surface area (Å²) in [5.41, 5.74) is 0.749. The van der Waals surface area contributed by atoms with Crippen molar-refractivity contribution in [3.05, 3.63) is 38.5 Å². The first kappa shape index (κ1) is 14.7. The van der Waals surface area contributed by atoms with Crippen LogP contribution in [0.25, 0.3) is 0 Å². The minimum Gasteiger partial charge on any atom is -0.336 e. The van der Waals surface area contributed by atoms with E-state index in [0.717, 1.165) is 33.1 Å². The maximum absolute atomic E-state index is 12.9.